The van der Waals surface area contributed by atoms with Gasteiger partial charge in [0.05, 0.1) is 17.4 Å². The maximum absolute atomic E-state index is 13.4. The van der Waals surface area contributed by atoms with Gasteiger partial charge in [0.25, 0.3) is 0 Å². The molecule has 0 radical (unpaired) electrons. The van der Waals surface area contributed by atoms with Gasteiger partial charge in [-0.25, -0.2) is 4.39 Å². The number of amidine groups is 1. The number of nitrogens with two attached hydrogens (primary N) is 1. The fourth-order valence-electron chi connectivity index (χ4n) is 1.38. The summed E-state index contributed by atoms with van der Waals surface area (Å²) in [4.78, 5) is 9.98. The largest absolute Gasteiger partial charge is 0.485 e. The molecule has 0 aliphatic carbocycles. The van der Waals surface area contributed by atoms with Crippen LogP contribution in [-0.2, 0) is 0 Å². The highest BCUT2D eigenvalue weighted by Crippen LogP contribution is 2.29. The first kappa shape index (κ1) is 13.9. The van der Waals surface area contributed by atoms with E-state index in [4.69, 9.17) is 15.9 Å². The van der Waals surface area contributed by atoms with Crippen LogP contribution in [0.2, 0.25) is 0 Å². The summed E-state index contributed by atoms with van der Waals surface area (Å²) in [6.45, 7) is 0.148. The molecule has 0 aliphatic heterocycles. The van der Waals surface area contributed by atoms with Crippen molar-refractivity contribution < 1.29 is 14.1 Å². The normalized spacial score (nSPS) is 10.1. The molecule has 1 rings (SSSR count). The molecule has 0 heterocycles. The van der Waals surface area contributed by atoms with Crippen molar-refractivity contribution in [3.8, 4) is 5.75 Å². The third-order valence-electron chi connectivity index (χ3n) is 2.23. The maximum Gasteiger partial charge on any atom is 0.314 e. The second-order valence-corrected chi connectivity index (χ2v) is 3.68. The molecule has 0 atom stereocenters. The molecule has 0 spiro atoms. The molecule has 0 saturated heterocycles. The molecule has 98 valence electrons. The number of ether oxygens (including phenoxy) is 1. The number of para-hydroxylation sites is 1. The Hall–Kier alpha value is -2.18. The number of hydrogen-bond donors (Lipinski definition) is 2. The van der Waals surface area contributed by atoms with Crippen molar-refractivity contribution in [2.24, 2.45) is 5.73 Å². The van der Waals surface area contributed by atoms with E-state index in [1.54, 1.807) is 0 Å². The highest BCUT2D eigenvalue weighted by Gasteiger charge is 2.18. The SMILES string of the molecule is N=C(N)CCCCOc1c(F)cccc1[N+](=O)[O-]. The minimum absolute atomic E-state index is 0.0758. The number of nitrogens with zero attached hydrogens (tertiary/aromatic N) is 1. The molecule has 1 aromatic carbocycles. The molecule has 6 nitrogen and oxygen atoms in total. The van der Waals surface area contributed by atoms with Gasteiger partial charge < -0.3 is 10.5 Å². The molecule has 3 N–H and O–H groups in total. The van der Waals surface area contributed by atoms with Crippen LogP contribution in [0, 0.1) is 21.3 Å². The van der Waals surface area contributed by atoms with Crippen LogP contribution in [0.5, 0.6) is 5.75 Å². The van der Waals surface area contributed by atoms with Gasteiger partial charge >= 0.3 is 5.69 Å². The van der Waals surface area contributed by atoms with Crippen molar-refractivity contribution in [3.63, 3.8) is 0 Å². The first-order valence-electron chi connectivity index (χ1n) is 5.41. The Kier molecular flexibility index (Phi) is 5.04. The molecular formula is C11H14FN3O3. The maximum atomic E-state index is 13.4. The molecule has 0 unspecified atom stereocenters. The Balaban J connectivity index is 2.56. The quantitative estimate of drug-likeness (QED) is 0.256. The fraction of sp³-hybridized carbons (Fsp3) is 0.364. The van der Waals surface area contributed by atoms with Crippen molar-refractivity contribution in [2.75, 3.05) is 6.61 Å². The number of nitro groups is 1. The van der Waals surface area contributed by atoms with Crippen molar-refractivity contribution in [1.29, 1.82) is 5.41 Å². The summed E-state index contributed by atoms with van der Waals surface area (Å²) >= 11 is 0. The van der Waals surface area contributed by atoms with Crippen molar-refractivity contribution in [1.82, 2.24) is 0 Å². The highest BCUT2D eigenvalue weighted by molar-refractivity contribution is 5.76. The second kappa shape index (κ2) is 6.53. The average Bonchev–Trinajstić information content (AvgIpc) is 2.29. The predicted molar refractivity (Wildman–Crippen MR) is 64.3 cm³/mol. The Labute approximate surface area is 103 Å². The summed E-state index contributed by atoms with van der Waals surface area (Å²) in [5.41, 5.74) is 4.78. The molecule has 1 aromatic rings. The summed E-state index contributed by atoms with van der Waals surface area (Å²) in [7, 11) is 0. The number of benzene rings is 1. The molecule has 0 fully saturated rings. The number of rotatable bonds is 7. The van der Waals surface area contributed by atoms with Crippen LogP contribution in [0.15, 0.2) is 18.2 Å². The highest BCUT2D eigenvalue weighted by atomic mass is 19.1. The van der Waals surface area contributed by atoms with E-state index in [9.17, 15) is 14.5 Å². The topological polar surface area (TPSA) is 102 Å². The number of hydrogen-bond acceptors (Lipinski definition) is 4. The Bertz CT molecular complexity index is 451. The second-order valence-electron chi connectivity index (χ2n) is 3.68. The smallest absolute Gasteiger partial charge is 0.314 e. The van der Waals surface area contributed by atoms with Crippen molar-refractivity contribution in [3.05, 3.63) is 34.1 Å². The Morgan fingerprint density at radius 1 is 1.50 bits per heavy atom. The van der Waals surface area contributed by atoms with Crippen LogP contribution >= 0.6 is 0 Å². The third kappa shape index (κ3) is 4.00. The minimum Gasteiger partial charge on any atom is -0.485 e. The summed E-state index contributed by atoms with van der Waals surface area (Å²) < 4.78 is 18.4. The van der Waals surface area contributed by atoms with Crippen LogP contribution in [-0.4, -0.2) is 17.4 Å². The lowest BCUT2D eigenvalue weighted by atomic mass is 10.2. The number of nitro benzene ring substituents is 1. The van der Waals surface area contributed by atoms with Crippen LogP contribution < -0.4 is 10.5 Å². The lowest BCUT2D eigenvalue weighted by Crippen LogP contribution is -2.09. The van der Waals surface area contributed by atoms with Crippen LogP contribution in [0.1, 0.15) is 19.3 Å². The summed E-state index contributed by atoms with van der Waals surface area (Å²) in [6.07, 6.45) is 1.60. The monoisotopic (exact) mass is 255 g/mol. The molecule has 0 saturated carbocycles. The van der Waals surface area contributed by atoms with Gasteiger partial charge in [-0.15, -0.1) is 0 Å². The standard InChI is InChI=1S/C11H14FN3O3/c12-8-4-3-5-9(15(16)17)11(8)18-7-2-1-6-10(13)14/h3-5H,1-2,6-7H2,(H3,13,14). The van der Waals surface area contributed by atoms with E-state index in [0.717, 1.165) is 6.07 Å². The average molecular weight is 255 g/mol. The van der Waals surface area contributed by atoms with Gasteiger partial charge in [0.1, 0.15) is 0 Å². The Morgan fingerprint density at radius 2 is 2.22 bits per heavy atom. The Morgan fingerprint density at radius 3 is 2.83 bits per heavy atom. The molecule has 7 heteroatoms. The lowest BCUT2D eigenvalue weighted by Gasteiger charge is -2.07. The molecule has 0 bridgehead atoms. The van der Waals surface area contributed by atoms with E-state index in [2.05, 4.69) is 0 Å². The van der Waals surface area contributed by atoms with Gasteiger partial charge in [-0.1, -0.05) is 6.07 Å². The summed E-state index contributed by atoms with van der Waals surface area (Å²) in [6, 6.07) is 3.56. The van der Waals surface area contributed by atoms with Crippen molar-refractivity contribution in [2.45, 2.75) is 19.3 Å². The zero-order valence-electron chi connectivity index (χ0n) is 9.69. The van der Waals surface area contributed by atoms with Gasteiger partial charge in [0.15, 0.2) is 5.82 Å². The van der Waals surface area contributed by atoms with Crippen LogP contribution in [0.4, 0.5) is 10.1 Å². The zero-order chi connectivity index (χ0) is 13.5. The van der Waals surface area contributed by atoms with Gasteiger partial charge in [-0.3, -0.25) is 15.5 Å². The molecule has 0 aliphatic rings. The predicted octanol–water partition coefficient (Wildman–Crippen LogP) is 2.22. The summed E-state index contributed by atoms with van der Waals surface area (Å²) in [5, 5.41) is 17.7. The van der Waals surface area contributed by atoms with E-state index in [1.807, 2.05) is 0 Å². The number of nitrogens with one attached hydrogen (secondary N) is 1. The van der Waals surface area contributed by atoms with E-state index < -0.39 is 10.7 Å². The molecule has 0 amide bonds. The number of unbranched alkanes of at least 4 members (excludes halogenated alkanes) is 1. The third-order valence-corrected chi connectivity index (χ3v) is 2.23. The fourth-order valence-corrected chi connectivity index (χ4v) is 1.38. The first-order chi connectivity index (χ1) is 8.52. The van der Waals surface area contributed by atoms with Gasteiger partial charge in [-0.05, 0) is 18.9 Å². The minimum atomic E-state index is -0.754. The molecule has 0 aromatic heterocycles. The van der Waals surface area contributed by atoms with Crippen molar-refractivity contribution >= 4 is 11.5 Å². The number of halogens is 1. The van der Waals surface area contributed by atoms with Crippen LogP contribution in [0.25, 0.3) is 0 Å². The van der Waals surface area contributed by atoms with Crippen LogP contribution in [0.3, 0.4) is 0 Å². The van der Waals surface area contributed by atoms with E-state index in [-0.39, 0.29) is 23.9 Å². The molecular weight excluding hydrogens is 241 g/mol. The molecule has 18 heavy (non-hydrogen) atoms. The van der Waals surface area contributed by atoms with E-state index in [0.29, 0.717) is 19.3 Å². The van der Waals surface area contributed by atoms with E-state index in [1.165, 1.54) is 12.1 Å². The lowest BCUT2D eigenvalue weighted by molar-refractivity contribution is -0.386. The summed E-state index contributed by atoms with van der Waals surface area (Å²) in [5.74, 6) is -1.02. The van der Waals surface area contributed by atoms with Gasteiger partial charge in [-0.2, -0.15) is 0 Å². The van der Waals surface area contributed by atoms with Gasteiger partial charge in [0, 0.05) is 12.5 Å². The van der Waals surface area contributed by atoms with E-state index >= 15 is 0 Å². The first-order valence-corrected chi connectivity index (χ1v) is 5.41. The zero-order valence-corrected chi connectivity index (χ0v) is 9.69. The van der Waals surface area contributed by atoms with Gasteiger partial charge in [0.2, 0.25) is 5.75 Å².